The van der Waals surface area contributed by atoms with Gasteiger partial charge in [0.1, 0.15) is 15.4 Å². The molecule has 5 rings (SSSR count). The molecule has 11 nitrogen and oxygen atoms in total. The Morgan fingerprint density at radius 1 is 0.844 bits per heavy atom. The minimum absolute atomic E-state index is 0.0681. The van der Waals surface area contributed by atoms with Gasteiger partial charge in [-0.05, 0) is 53.6 Å². The molecule has 0 saturated carbocycles. The lowest BCUT2D eigenvalue weighted by Crippen LogP contribution is -2.41. The second-order valence-electron chi connectivity index (χ2n) is 9.69. The van der Waals surface area contributed by atoms with E-state index in [4.69, 9.17) is 29.4 Å². The summed E-state index contributed by atoms with van der Waals surface area (Å²) in [4.78, 5) is 27.2. The number of methoxy groups -OCH3 is 5. The summed E-state index contributed by atoms with van der Waals surface area (Å²) >= 11 is 0.980. The summed E-state index contributed by atoms with van der Waals surface area (Å²) in [5.74, 6) is -0.816. The van der Waals surface area contributed by atoms with Crippen molar-refractivity contribution < 1.29 is 36.9 Å². The molecule has 0 saturated heterocycles. The van der Waals surface area contributed by atoms with Crippen molar-refractivity contribution in [3.05, 3.63) is 102 Å². The number of hydrogen-bond donors (Lipinski definition) is 1. The number of nitrogens with two attached hydrogens (primary N) is 1. The molecule has 1 aliphatic rings. The lowest BCUT2D eigenvalue weighted by atomic mass is 9.89. The van der Waals surface area contributed by atoms with E-state index in [1.165, 1.54) is 47.7 Å². The van der Waals surface area contributed by atoms with Gasteiger partial charge >= 0.3 is 5.97 Å². The van der Waals surface area contributed by atoms with E-state index in [0.29, 0.717) is 34.1 Å². The molecule has 234 valence electrons. The van der Waals surface area contributed by atoms with E-state index in [2.05, 4.69) is 0 Å². The number of sulfone groups is 1. The van der Waals surface area contributed by atoms with Crippen LogP contribution in [0.15, 0.2) is 81.3 Å². The van der Waals surface area contributed by atoms with Crippen LogP contribution in [-0.4, -0.2) is 54.5 Å². The van der Waals surface area contributed by atoms with Crippen LogP contribution in [0.5, 0.6) is 23.0 Å². The van der Waals surface area contributed by atoms with Gasteiger partial charge in [0.2, 0.25) is 9.84 Å². The number of thiazole rings is 1. The van der Waals surface area contributed by atoms with Gasteiger partial charge in [0.25, 0.3) is 5.56 Å². The largest absolute Gasteiger partial charge is 0.493 e. The van der Waals surface area contributed by atoms with Gasteiger partial charge in [-0.15, -0.1) is 11.3 Å². The third-order valence-corrected chi connectivity index (χ3v) is 10.3. The maximum atomic E-state index is 14.4. The Bertz CT molecular complexity index is 2120. The van der Waals surface area contributed by atoms with Crippen molar-refractivity contribution in [1.82, 2.24) is 4.57 Å². The summed E-state index contributed by atoms with van der Waals surface area (Å²) in [6.45, 7) is 0. The van der Waals surface area contributed by atoms with E-state index in [1.54, 1.807) is 60.7 Å². The third-order valence-electron chi connectivity index (χ3n) is 7.29. The Labute approximate surface area is 262 Å². The number of carbonyl (C=O) groups excluding carboxylic acids is 1. The summed E-state index contributed by atoms with van der Waals surface area (Å²) < 4.78 is 56.8. The van der Waals surface area contributed by atoms with E-state index in [9.17, 15) is 18.0 Å². The lowest BCUT2D eigenvalue weighted by Gasteiger charge is -2.28. The van der Waals surface area contributed by atoms with Crippen molar-refractivity contribution in [2.45, 2.75) is 10.8 Å². The molecule has 4 aromatic rings. The number of hydrogen-bond acceptors (Lipinski definition) is 11. The molecule has 0 radical (unpaired) electrons. The second-order valence-corrected chi connectivity index (χ2v) is 12.6. The summed E-state index contributed by atoms with van der Waals surface area (Å²) in [5, 5.41) is 0. The molecule has 0 fully saturated rings. The molecule has 13 heteroatoms. The average Bonchev–Trinajstić information content (AvgIpc) is 3.39. The number of ether oxygens (including phenoxy) is 5. The predicted octanol–water partition coefficient (Wildman–Crippen LogP) is 2.45. The molecule has 1 aromatic heterocycles. The van der Waals surface area contributed by atoms with E-state index >= 15 is 0 Å². The van der Waals surface area contributed by atoms with Gasteiger partial charge in [-0.25, -0.2) is 13.2 Å². The Morgan fingerprint density at radius 2 is 1.44 bits per heavy atom. The number of carbonyl (C=O) groups is 1. The molecule has 1 unspecified atom stereocenters. The first-order valence-corrected chi connectivity index (χ1v) is 15.7. The molecule has 45 heavy (non-hydrogen) atoms. The highest BCUT2D eigenvalue weighted by molar-refractivity contribution is 7.95. The van der Waals surface area contributed by atoms with Gasteiger partial charge in [0.05, 0.1) is 56.5 Å². The molecule has 3 aromatic carbocycles. The van der Waals surface area contributed by atoms with Crippen LogP contribution in [0.25, 0.3) is 17.5 Å². The van der Waals surface area contributed by atoms with Gasteiger partial charge in [-0.2, -0.15) is 0 Å². The number of nitrogens with zero attached hydrogens (tertiary/aromatic N) is 1. The molecular formula is C32H30N2O9S2. The highest BCUT2D eigenvalue weighted by atomic mass is 32.2. The van der Waals surface area contributed by atoms with Crippen LogP contribution in [0.2, 0.25) is 0 Å². The van der Waals surface area contributed by atoms with Crippen molar-refractivity contribution in [2.75, 3.05) is 35.5 Å². The summed E-state index contributed by atoms with van der Waals surface area (Å²) in [5.41, 5.74) is 6.91. The Balaban J connectivity index is 1.91. The molecule has 0 spiro atoms. The Morgan fingerprint density at radius 3 is 2.04 bits per heavy atom. The smallest absolute Gasteiger partial charge is 0.337 e. The van der Waals surface area contributed by atoms with E-state index in [0.717, 1.165) is 15.9 Å². The van der Waals surface area contributed by atoms with Crippen LogP contribution < -0.4 is 39.4 Å². The quantitative estimate of drug-likeness (QED) is 0.268. The van der Waals surface area contributed by atoms with Gasteiger partial charge in [0, 0.05) is 0 Å². The van der Waals surface area contributed by atoms with Crippen molar-refractivity contribution in [1.29, 1.82) is 0 Å². The van der Waals surface area contributed by atoms with E-state index in [-0.39, 0.29) is 30.4 Å². The highest BCUT2D eigenvalue weighted by Crippen LogP contribution is 2.44. The maximum absolute atomic E-state index is 14.4. The molecule has 1 atom stereocenters. The first-order chi connectivity index (χ1) is 21.6. The summed E-state index contributed by atoms with van der Waals surface area (Å²) in [6.07, 6.45) is 1.60. The maximum Gasteiger partial charge on any atom is 0.337 e. The zero-order valence-electron chi connectivity index (χ0n) is 25.0. The molecule has 0 amide bonds. The van der Waals surface area contributed by atoms with Gasteiger partial charge in [0.15, 0.2) is 23.0 Å². The zero-order chi connectivity index (χ0) is 32.5. The molecule has 2 heterocycles. The minimum Gasteiger partial charge on any atom is -0.493 e. The molecular weight excluding hydrogens is 620 g/mol. The first kappa shape index (κ1) is 31.4. The third kappa shape index (κ3) is 5.44. The van der Waals surface area contributed by atoms with Gasteiger partial charge < -0.3 is 29.4 Å². The normalized spacial score (nSPS) is 15.0. The SMILES string of the molecule is COC(=O)C1=c2s/c(=C\c3ccc(OC)c(OC)c3)c(=O)n2C(N)=C(S(=O)(=O)c2ccccc2)C1c1ccc(OC)c(OC)c1. The van der Waals surface area contributed by atoms with E-state index in [1.807, 2.05) is 0 Å². The van der Waals surface area contributed by atoms with Crippen molar-refractivity contribution in [3.8, 4) is 23.0 Å². The molecule has 0 bridgehead atoms. The molecule has 1 aliphatic heterocycles. The predicted molar refractivity (Wildman–Crippen MR) is 170 cm³/mol. The lowest BCUT2D eigenvalue weighted by molar-refractivity contribution is -0.134. The van der Waals surface area contributed by atoms with Crippen LogP contribution in [-0.2, 0) is 19.4 Å². The number of esters is 1. The molecule has 2 N–H and O–H groups in total. The first-order valence-electron chi connectivity index (χ1n) is 13.4. The van der Waals surface area contributed by atoms with Crippen LogP contribution in [0, 0.1) is 0 Å². The number of fused-ring (bicyclic) bond motifs is 1. The second kappa shape index (κ2) is 12.5. The highest BCUT2D eigenvalue weighted by Gasteiger charge is 2.42. The van der Waals surface area contributed by atoms with Gasteiger partial charge in [-0.1, -0.05) is 30.3 Å². The van der Waals surface area contributed by atoms with Crippen LogP contribution >= 0.6 is 11.3 Å². The van der Waals surface area contributed by atoms with E-state index < -0.39 is 27.3 Å². The van der Waals surface area contributed by atoms with Gasteiger partial charge in [-0.3, -0.25) is 9.36 Å². The number of allylic oxidation sites excluding steroid dienone is 1. The Kier molecular flexibility index (Phi) is 8.75. The number of rotatable bonds is 9. The number of benzene rings is 3. The summed E-state index contributed by atoms with van der Waals surface area (Å²) in [7, 11) is 2.70. The van der Waals surface area contributed by atoms with Crippen LogP contribution in [0.4, 0.5) is 0 Å². The fraction of sp³-hybridized carbons (Fsp3) is 0.188. The Hall–Kier alpha value is -5.01. The fourth-order valence-electron chi connectivity index (χ4n) is 5.17. The van der Waals surface area contributed by atoms with Crippen molar-refractivity contribution >= 4 is 44.6 Å². The minimum atomic E-state index is -4.39. The topological polar surface area (TPSA) is 145 Å². The fourth-order valence-corrected chi connectivity index (χ4v) is 8.04. The van der Waals surface area contributed by atoms with Crippen LogP contribution in [0.3, 0.4) is 0 Å². The average molecular weight is 651 g/mol. The monoisotopic (exact) mass is 650 g/mol. The zero-order valence-corrected chi connectivity index (χ0v) is 26.7. The molecule has 0 aliphatic carbocycles. The standard InChI is InChI=1S/C32H30N2O9S2/c1-39-21-13-11-18(15-23(21)41-3)16-25-30(35)34-29(33)28(45(37,38)20-9-7-6-8-10-20)26(27(31(34)44-25)32(36)43-5)19-12-14-22(40-2)24(17-19)42-4/h6-17,26H,33H2,1-5H3/b25-16-. The van der Waals surface area contributed by atoms with Crippen molar-refractivity contribution in [2.24, 2.45) is 5.73 Å². The van der Waals surface area contributed by atoms with Crippen LogP contribution in [0.1, 0.15) is 17.0 Å². The van der Waals surface area contributed by atoms with Crippen molar-refractivity contribution in [3.63, 3.8) is 0 Å². The number of aromatic nitrogens is 1. The summed E-state index contributed by atoms with van der Waals surface area (Å²) in [6, 6.07) is 17.5.